The standard InChI is InChI=1S/C25H26BrClN4S2/c1-15-11-16(2)14-30(13-15)20-7-6-17(12-18(20)27)31-24(21-8-9-22(26)33-21)23(29-25(31)32)19-5-3-4-10-28-19/h3-10,12,15-16,23-24H,11,13-14H2,1-2H3,(H,29,32)/t15-,16+,23-,24-/m1/s1. The van der Waals surface area contributed by atoms with Crippen LogP contribution in [0.25, 0.3) is 0 Å². The summed E-state index contributed by atoms with van der Waals surface area (Å²) in [5.41, 5.74) is 3.07. The van der Waals surface area contributed by atoms with Crippen LogP contribution in [0.5, 0.6) is 0 Å². The van der Waals surface area contributed by atoms with E-state index in [0.717, 1.165) is 39.0 Å². The van der Waals surface area contributed by atoms with Gasteiger partial charge in [-0.2, -0.15) is 0 Å². The van der Waals surface area contributed by atoms with Gasteiger partial charge in [0.1, 0.15) is 0 Å². The quantitative estimate of drug-likeness (QED) is 0.340. The molecule has 0 bridgehead atoms. The van der Waals surface area contributed by atoms with Crippen LogP contribution in [0.3, 0.4) is 0 Å². The van der Waals surface area contributed by atoms with Crippen molar-refractivity contribution in [2.75, 3.05) is 22.9 Å². The summed E-state index contributed by atoms with van der Waals surface area (Å²) in [5.74, 6) is 1.33. The molecule has 8 heteroatoms. The minimum atomic E-state index is -0.0495. The monoisotopic (exact) mass is 560 g/mol. The highest BCUT2D eigenvalue weighted by molar-refractivity contribution is 9.11. The van der Waals surface area contributed by atoms with Gasteiger partial charge >= 0.3 is 0 Å². The van der Waals surface area contributed by atoms with E-state index < -0.39 is 0 Å². The summed E-state index contributed by atoms with van der Waals surface area (Å²) in [5, 5.41) is 4.97. The van der Waals surface area contributed by atoms with Crippen LogP contribution in [-0.4, -0.2) is 23.2 Å². The van der Waals surface area contributed by atoms with Gasteiger partial charge in [0.05, 0.1) is 32.3 Å². The molecule has 4 atom stereocenters. The van der Waals surface area contributed by atoms with Crippen molar-refractivity contribution in [2.24, 2.45) is 11.8 Å². The molecule has 33 heavy (non-hydrogen) atoms. The zero-order chi connectivity index (χ0) is 23.1. The molecule has 1 aromatic carbocycles. The van der Waals surface area contributed by atoms with E-state index in [2.05, 4.69) is 80.2 Å². The molecule has 4 nitrogen and oxygen atoms in total. The summed E-state index contributed by atoms with van der Waals surface area (Å²) in [6.07, 6.45) is 3.10. The number of nitrogens with one attached hydrogen (secondary N) is 1. The Labute approximate surface area is 218 Å². The lowest BCUT2D eigenvalue weighted by Crippen LogP contribution is -2.38. The average Bonchev–Trinajstić information content (AvgIpc) is 3.36. The summed E-state index contributed by atoms with van der Waals surface area (Å²) < 4.78 is 1.09. The molecule has 3 aromatic rings. The van der Waals surface area contributed by atoms with Gasteiger partial charge in [0.25, 0.3) is 0 Å². The van der Waals surface area contributed by atoms with Crippen LogP contribution in [0.15, 0.2) is 58.5 Å². The second kappa shape index (κ2) is 9.53. The van der Waals surface area contributed by atoms with E-state index in [-0.39, 0.29) is 12.1 Å². The normalized spacial score (nSPS) is 25.4. The second-order valence-electron chi connectivity index (χ2n) is 9.13. The third-order valence-corrected chi connectivity index (χ3v) is 8.71. The minimum absolute atomic E-state index is 0.0133. The van der Waals surface area contributed by atoms with Crippen molar-refractivity contribution in [3.05, 3.63) is 74.1 Å². The smallest absolute Gasteiger partial charge is 0.174 e. The summed E-state index contributed by atoms with van der Waals surface area (Å²) >= 11 is 18.1. The first-order chi connectivity index (χ1) is 15.9. The number of anilines is 2. The lowest BCUT2D eigenvalue weighted by atomic mass is 9.91. The van der Waals surface area contributed by atoms with Gasteiger partial charge in [0, 0.05) is 29.9 Å². The molecule has 1 N–H and O–H groups in total. The van der Waals surface area contributed by atoms with Crippen LogP contribution in [0.2, 0.25) is 5.02 Å². The number of halogens is 2. The van der Waals surface area contributed by atoms with Crippen LogP contribution in [0, 0.1) is 11.8 Å². The number of hydrogen-bond acceptors (Lipinski definition) is 4. The van der Waals surface area contributed by atoms with Crippen molar-refractivity contribution < 1.29 is 0 Å². The zero-order valence-corrected chi connectivity index (χ0v) is 22.5. The zero-order valence-electron chi connectivity index (χ0n) is 18.5. The lowest BCUT2D eigenvalue weighted by molar-refractivity contribution is 0.357. The van der Waals surface area contributed by atoms with Gasteiger partial charge in [-0.3, -0.25) is 4.98 Å². The molecule has 172 valence electrons. The Morgan fingerprint density at radius 1 is 1.12 bits per heavy atom. The Morgan fingerprint density at radius 3 is 2.55 bits per heavy atom. The van der Waals surface area contributed by atoms with Crippen LogP contribution in [-0.2, 0) is 0 Å². The van der Waals surface area contributed by atoms with Gasteiger partial charge in [0.15, 0.2) is 5.11 Å². The van der Waals surface area contributed by atoms with Crippen molar-refractivity contribution in [3.63, 3.8) is 0 Å². The molecular formula is C25H26BrClN4S2. The predicted octanol–water partition coefficient (Wildman–Crippen LogP) is 7.22. The molecule has 0 saturated carbocycles. The number of thiocarbonyl (C=S) groups is 1. The third-order valence-electron chi connectivity index (χ3n) is 6.40. The summed E-state index contributed by atoms with van der Waals surface area (Å²) in [6.45, 7) is 6.73. The van der Waals surface area contributed by atoms with Crippen LogP contribution >= 0.6 is 51.1 Å². The van der Waals surface area contributed by atoms with Crippen molar-refractivity contribution in [1.82, 2.24) is 10.3 Å². The molecule has 0 aliphatic carbocycles. The van der Waals surface area contributed by atoms with Gasteiger partial charge < -0.3 is 15.1 Å². The third kappa shape index (κ3) is 4.65. The molecule has 5 rings (SSSR count). The van der Waals surface area contributed by atoms with Crippen LogP contribution in [0.4, 0.5) is 11.4 Å². The van der Waals surface area contributed by atoms with Gasteiger partial charge in [-0.25, -0.2) is 0 Å². The lowest BCUT2D eigenvalue weighted by Gasteiger charge is -2.37. The maximum absolute atomic E-state index is 6.89. The van der Waals surface area contributed by atoms with Crippen molar-refractivity contribution in [1.29, 1.82) is 0 Å². The molecule has 2 aliphatic rings. The van der Waals surface area contributed by atoms with E-state index in [4.69, 9.17) is 23.8 Å². The van der Waals surface area contributed by atoms with E-state index in [0.29, 0.717) is 16.9 Å². The van der Waals surface area contributed by atoms with Crippen molar-refractivity contribution in [3.8, 4) is 0 Å². The van der Waals surface area contributed by atoms with Gasteiger partial charge in [-0.05, 0) is 88.9 Å². The number of benzene rings is 1. The van der Waals surface area contributed by atoms with E-state index >= 15 is 0 Å². The number of pyridine rings is 1. The fraction of sp³-hybridized carbons (Fsp3) is 0.360. The molecule has 0 radical (unpaired) electrons. The van der Waals surface area contributed by atoms with Gasteiger partial charge in [0.2, 0.25) is 0 Å². The molecule has 2 aromatic heterocycles. The maximum Gasteiger partial charge on any atom is 0.174 e. The summed E-state index contributed by atoms with van der Waals surface area (Å²) in [7, 11) is 0. The van der Waals surface area contributed by atoms with Crippen LogP contribution in [0.1, 0.15) is 42.9 Å². The Hall–Kier alpha value is -1.67. The number of thiophene rings is 1. The number of hydrogen-bond donors (Lipinski definition) is 1. The van der Waals surface area contributed by atoms with Crippen LogP contribution < -0.4 is 15.1 Å². The summed E-state index contributed by atoms with van der Waals surface area (Å²) in [6, 6.07) is 16.5. The Morgan fingerprint density at radius 2 is 1.91 bits per heavy atom. The molecule has 0 unspecified atom stereocenters. The molecular weight excluding hydrogens is 536 g/mol. The van der Waals surface area contributed by atoms with E-state index in [9.17, 15) is 0 Å². The number of nitrogens with zero attached hydrogens (tertiary/aromatic N) is 3. The first-order valence-corrected chi connectivity index (χ1v) is 13.6. The minimum Gasteiger partial charge on any atom is -0.370 e. The van der Waals surface area contributed by atoms with E-state index in [1.807, 2.05) is 24.4 Å². The number of piperidine rings is 1. The molecule has 2 fully saturated rings. The summed E-state index contributed by atoms with van der Waals surface area (Å²) in [4.78, 5) is 10.4. The highest BCUT2D eigenvalue weighted by Crippen LogP contribution is 2.45. The largest absolute Gasteiger partial charge is 0.370 e. The topological polar surface area (TPSA) is 31.4 Å². The van der Waals surface area contributed by atoms with E-state index in [1.54, 1.807) is 11.3 Å². The first-order valence-electron chi connectivity index (χ1n) is 11.2. The average molecular weight is 562 g/mol. The first kappa shape index (κ1) is 23.1. The Bertz CT molecular complexity index is 1140. The predicted molar refractivity (Wildman–Crippen MR) is 147 cm³/mol. The Kier molecular flexibility index (Phi) is 6.67. The van der Waals surface area contributed by atoms with E-state index in [1.165, 1.54) is 11.3 Å². The number of rotatable bonds is 4. The molecule has 2 saturated heterocycles. The fourth-order valence-corrected chi connectivity index (χ4v) is 7.36. The second-order valence-corrected chi connectivity index (χ2v) is 12.4. The fourth-order valence-electron chi connectivity index (χ4n) is 5.17. The molecule has 0 spiro atoms. The van der Waals surface area contributed by atoms with Crippen molar-refractivity contribution in [2.45, 2.75) is 32.4 Å². The highest BCUT2D eigenvalue weighted by Gasteiger charge is 2.41. The maximum atomic E-state index is 6.89. The number of aromatic nitrogens is 1. The van der Waals surface area contributed by atoms with Gasteiger partial charge in [-0.1, -0.05) is 31.5 Å². The molecule has 4 heterocycles. The molecule has 0 amide bonds. The highest BCUT2D eigenvalue weighted by atomic mass is 79.9. The van der Waals surface area contributed by atoms with Gasteiger partial charge in [-0.15, -0.1) is 11.3 Å². The molecule has 2 aliphatic heterocycles. The van der Waals surface area contributed by atoms with Crippen molar-refractivity contribution >= 4 is 67.6 Å². The Balaban J connectivity index is 1.51. The SMILES string of the molecule is C[C@@H]1C[C@H](C)CN(c2ccc(N3C(=S)N[C@H](c4ccccn4)[C@H]3c3ccc(Br)s3)cc2Cl)C1.